The van der Waals surface area contributed by atoms with Crippen molar-refractivity contribution in [1.29, 1.82) is 0 Å². The van der Waals surface area contributed by atoms with Crippen molar-refractivity contribution in [1.82, 2.24) is 14.7 Å². The number of halogens is 1. The number of benzene rings is 1. The second kappa shape index (κ2) is 10.3. The predicted octanol–water partition coefficient (Wildman–Crippen LogP) is 0.720. The second-order valence-electron chi connectivity index (χ2n) is 5.68. The highest BCUT2D eigenvalue weighted by molar-refractivity contribution is 7.89. The summed E-state index contributed by atoms with van der Waals surface area (Å²) in [6.45, 7) is 1.88. The van der Waals surface area contributed by atoms with Crippen LogP contribution in [0.15, 0.2) is 47.6 Å². The third-order valence-corrected chi connectivity index (χ3v) is 4.56. The number of hydrogen-bond donors (Lipinski definition) is 2. The van der Waals surface area contributed by atoms with E-state index in [0.717, 1.165) is 12.0 Å². The Balaban J connectivity index is 0.00000338. The van der Waals surface area contributed by atoms with Gasteiger partial charge in [-0.05, 0) is 18.5 Å². The van der Waals surface area contributed by atoms with Gasteiger partial charge in [-0.25, -0.2) is 13.6 Å². The van der Waals surface area contributed by atoms with Crippen molar-refractivity contribution in [3.05, 3.63) is 48.3 Å². The van der Waals surface area contributed by atoms with Gasteiger partial charge in [-0.3, -0.25) is 9.48 Å². The lowest BCUT2D eigenvalue weighted by molar-refractivity contribution is -0.132. The average Bonchev–Trinajstić information content (AvgIpc) is 3.06. The number of aromatic nitrogens is 2. The van der Waals surface area contributed by atoms with E-state index in [4.69, 9.17) is 10.9 Å². The molecule has 0 atom stereocenters. The number of aryl methyl sites for hydroxylation is 1. The highest BCUT2D eigenvalue weighted by atomic mass is 35.5. The van der Waals surface area contributed by atoms with Crippen LogP contribution in [-0.2, 0) is 27.9 Å². The predicted molar refractivity (Wildman–Crippen MR) is 101 cm³/mol. The van der Waals surface area contributed by atoms with E-state index in [-0.39, 0.29) is 36.2 Å². The Morgan fingerprint density at radius 1 is 1.23 bits per heavy atom. The maximum atomic E-state index is 12.5. The highest BCUT2D eigenvalue weighted by Gasteiger charge is 2.15. The van der Waals surface area contributed by atoms with Gasteiger partial charge in [-0.2, -0.15) is 5.10 Å². The minimum absolute atomic E-state index is 0. The van der Waals surface area contributed by atoms with Crippen molar-refractivity contribution < 1.29 is 13.2 Å². The molecule has 10 heteroatoms. The molecule has 2 rings (SSSR count). The van der Waals surface area contributed by atoms with Crippen LogP contribution in [0.3, 0.4) is 0 Å². The molecule has 1 aromatic carbocycles. The van der Waals surface area contributed by atoms with E-state index in [2.05, 4.69) is 5.10 Å². The molecule has 1 heterocycles. The maximum absolute atomic E-state index is 12.5. The van der Waals surface area contributed by atoms with Crippen LogP contribution < -0.4 is 10.9 Å². The van der Waals surface area contributed by atoms with Crippen molar-refractivity contribution in [2.75, 3.05) is 13.1 Å². The molecule has 8 nitrogen and oxygen atoms in total. The molecule has 0 radical (unpaired) electrons. The van der Waals surface area contributed by atoms with E-state index in [0.29, 0.717) is 19.6 Å². The molecule has 0 spiro atoms. The SMILES string of the molecule is Cl.NCCCN(Cc1ccccc1)C(=O)CCn1cc(S(N)(=O)=O)cn1. The zero-order valence-electron chi connectivity index (χ0n) is 14.3. The quantitative estimate of drug-likeness (QED) is 0.640. The smallest absolute Gasteiger partial charge is 0.241 e. The number of sulfonamides is 1. The Bertz CT molecular complexity index is 795. The molecular formula is C16H24ClN5O3S. The molecule has 1 amide bonds. The maximum Gasteiger partial charge on any atom is 0.241 e. The fourth-order valence-corrected chi connectivity index (χ4v) is 2.82. The van der Waals surface area contributed by atoms with Crippen molar-refractivity contribution in [2.24, 2.45) is 10.9 Å². The summed E-state index contributed by atoms with van der Waals surface area (Å²) in [5, 5.41) is 8.97. The Morgan fingerprint density at radius 2 is 1.92 bits per heavy atom. The van der Waals surface area contributed by atoms with Crippen LogP contribution in [-0.4, -0.2) is 42.1 Å². The van der Waals surface area contributed by atoms with Gasteiger partial charge in [-0.1, -0.05) is 30.3 Å². The summed E-state index contributed by atoms with van der Waals surface area (Å²) in [6, 6.07) is 9.72. The van der Waals surface area contributed by atoms with Gasteiger partial charge in [0.2, 0.25) is 15.9 Å². The first-order valence-corrected chi connectivity index (χ1v) is 9.52. The summed E-state index contributed by atoms with van der Waals surface area (Å²) in [4.78, 5) is 14.2. The molecule has 4 N–H and O–H groups in total. The number of rotatable bonds is 9. The molecular weight excluding hydrogens is 378 g/mol. The van der Waals surface area contributed by atoms with Crippen LogP contribution in [0.25, 0.3) is 0 Å². The van der Waals surface area contributed by atoms with Crippen LogP contribution in [0, 0.1) is 0 Å². The van der Waals surface area contributed by atoms with Crippen molar-refractivity contribution in [2.45, 2.75) is 30.8 Å². The first-order valence-electron chi connectivity index (χ1n) is 7.97. The van der Waals surface area contributed by atoms with Crippen molar-refractivity contribution >= 4 is 28.3 Å². The molecule has 0 bridgehead atoms. The number of carbonyl (C=O) groups is 1. The normalized spacial score (nSPS) is 11.0. The van der Waals surface area contributed by atoms with Gasteiger partial charge in [0.05, 0.1) is 6.20 Å². The molecule has 2 aromatic rings. The van der Waals surface area contributed by atoms with E-state index in [1.807, 2.05) is 30.3 Å². The molecule has 0 aliphatic heterocycles. The summed E-state index contributed by atoms with van der Waals surface area (Å²) >= 11 is 0. The Kier molecular flexibility index (Phi) is 8.73. The first-order chi connectivity index (χ1) is 11.9. The van der Waals surface area contributed by atoms with Crippen LogP contribution >= 0.6 is 12.4 Å². The molecule has 0 saturated heterocycles. The number of nitrogens with two attached hydrogens (primary N) is 2. The molecule has 26 heavy (non-hydrogen) atoms. The zero-order chi connectivity index (χ0) is 18.3. The monoisotopic (exact) mass is 401 g/mol. The van der Waals surface area contributed by atoms with Gasteiger partial charge >= 0.3 is 0 Å². The average molecular weight is 402 g/mol. The number of carbonyl (C=O) groups excluding carboxylic acids is 1. The summed E-state index contributed by atoms with van der Waals surface area (Å²) < 4.78 is 23.9. The lowest BCUT2D eigenvalue weighted by atomic mass is 10.2. The molecule has 0 fully saturated rings. The molecule has 1 aromatic heterocycles. The zero-order valence-corrected chi connectivity index (χ0v) is 16.0. The van der Waals surface area contributed by atoms with Gasteiger partial charge in [0.15, 0.2) is 0 Å². The minimum atomic E-state index is -3.78. The van der Waals surface area contributed by atoms with Crippen LogP contribution in [0.1, 0.15) is 18.4 Å². The number of amides is 1. The number of nitrogens with zero attached hydrogens (tertiary/aromatic N) is 3. The van der Waals surface area contributed by atoms with Crippen LogP contribution in [0.5, 0.6) is 0 Å². The third-order valence-electron chi connectivity index (χ3n) is 3.69. The topological polar surface area (TPSA) is 124 Å². The lowest BCUT2D eigenvalue weighted by Crippen LogP contribution is -2.33. The molecule has 0 unspecified atom stereocenters. The van der Waals surface area contributed by atoms with Crippen LogP contribution in [0.2, 0.25) is 0 Å². The Hall–Kier alpha value is -1.94. The fraction of sp³-hybridized carbons (Fsp3) is 0.375. The third kappa shape index (κ3) is 6.75. The van der Waals surface area contributed by atoms with Crippen molar-refractivity contribution in [3.63, 3.8) is 0 Å². The van der Waals surface area contributed by atoms with Gasteiger partial charge in [0, 0.05) is 32.3 Å². The largest absolute Gasteiger partial charge is 0.338 e. The molecule has 0 aliphatic rings. The highest BCUT2D eigenvalue weighted by Crippen LogP contribution is 2.09. The van der Waals surface area contributed by atoms with Gasteiger partial charge in [0.25, 0.3) is 0 Å². The summed E-state index contributed by atoms with van der Waals surface area (Å²) in [5.41, 5.74) is 6.60. The fourth-order valence-electron chi connectivity index (χ4n) is 2.36. The minimum Gasteiger partial charge on any atom is -0.338 e. The summed E-state index contributed by atoms with van der Waals surface area (Å²) in [5.74, 6) is -0.0371. The Morgan fingerprint density at radius 3 is 2.50 bits per heavy atom. The lowest BCUT2D eigenvalue weighted by Gasteiger charge is -2.22. The van der Waals surface area contributed by atoms with E-state index in [1.54, 1.807) is 4.90 Å². The van der Waals surface area contributed by atoms with Gasteiger partial charge < -0.3 is 10.6 Å². The second-order valence-corrected chi connectivity index (χ2v) is 7.24. The van der Waals surface area contributed by atoms with E-state index < -0.39 is 10.0 Å². The summed E-state index contributed by atoms with van der Waals surface area (Å²) in [6.07, 6.45) is 3.43. The first kappa shape index (κ1) is 22.1. The number of primary sulfonamides is 1. The van der Waals surface area contributed by atoms with Gasteiger partial charge in [-0.15, -0.1) is 12.4 Å². The molecule has 0 saturated carbocycles. The van der Waals surface area contributed by atoms with Gasteiger partial charge in [0.1, 0.15) is 4.90 Å². The van der Waals surface area contributed by atoms with Crippen molar-refractivity contribution in [3.8, 4) is 0 Å². The van der Waals surface area contributed by atoms with Crippen LogP contribution in [0.4, 0.5) is 0 Å². The van der Waals surface area contributed by atoms with E-state index in [9.17, 15) is 13.2 Å². The van der Waals surface area contributed by atoms with E-state index in [1.165, 1.54) is 17.1 Å². The molecule has 144 valence electrons. The Labute approximate surface area is 159 Å². The molecule has 0 aliphatic carbocycles. The standard InChI is InChI=1S/C16H23N5O3S.ClH/c17-8-4-9-20(12-14-5-2-1-3-6-14)16(22)7-10-21-13-15(11-19-21)25(18,23)24;/h1-3,5-6,11,13H,4,7-10,12,17H2,(H2,18,23,24);1H. The number of hydrogen-bond acceptors (Lipinski definition) is 5. The van der Waals surface area contributed by atoms with E-state index >= 15 is 0 Å². The summed E-state index contributed by atoms with van der Waals surface area (Å²) in [7, 11) is -3.78.